The Bertz CT molecular complexity index is 2010. The average molecular weight is 649 g/mol. The number of nitrogens with zero attached hydrogens (tertiary/aromatic N) is 2. The third-order valence-corrected chi connectivity index (χ3v) is 11.9. The molecule has 0 bridgehead atoms. The second-order valence-corrected chi connectivity index (χ2v) is 15.4. The number of fused-ring (bicyclic) bond motifs is 4. The van der Waals surface area contributed by atoms with E-state index in [1.165, 1.54) is 22.3 Å². The van der Waals surface area contributed by atoms with Crippen molar-refractivity contribution in [1.29, 1.82) is 0 Å². The lowest BCUT2D eigenvalue weighted by atomic mass is 9.73. The zero-order chi connectivity index (χ0) is 32.6. The Morgan fingerprint density at radius 1 is 0.396 bits per heavy atom. The Hall–Kier alpha value is -5.13. The largest absolute Gasteiger partial charge is 0.310 e. The van der Waals surface area contributed by atoms with Crippen LogP contribution in [0.3, 0.4) is 0 Å². The molecule has 48 heavy (non-hydrogen) atoms. The zero-order valence-electron chi connectivity index (χ0n) is 27.0. The molecule has 6 aromatic carbocycles. The molecule has 0 unspecified atom stereocenters. The van der Waals surface area contributed by atoms with Crippen LogP contribution in [0, 0.1) is 0 Å². The van der Waals surface area contributed by atoms with Crippen LogP contribution in [0.15, 0.2) is 155 Å². The maximum atomic E-state index is 13.9. The minimum Gasteiger partial charge on any atom is -0.310 e. The van der Waals surface area contributed by atoms with Gasteiger partial charge >= 0.3 is 0 Å². The van der Waals surface area contributed by atoms with Crippen LogP contribution in [0.1, 0.15) is 57.4 Å². The second kappa shape index (κ2) is 11.2. The van der Waals surface area contributed by atoms with Crippen molar-refractivity contribution in [2.75, 3.05) is 9.80 Å². The fraction of sp³-hybridized carbons (Fsp3) is 0.163. The van der Waals surface area contributed by atoms with Crippen LogP contribution < -0.4 is 9.80 Å². The average Bonchev–Trinajstić information content (AvgIpc) is 3.09. The van der Waals surface area contributed by atoms with Crippen molar-refractivity contribution in [3.8, 4) is 0 Å². The minimum atomic E-state index is -3.75. The molecule has 4 nitrogen and oxygen atoms in total. The highest BCUT2D eigenvalue weighted by Gasteiger charge is 2.38. The molecule has 0 spiro atoms. The van der Waals surface area contributed by atoms with Crippen molar-refractivity contribution in [3.63, 3.8) is 0 Å². The monoisotopic (exact) mass is 648 g/mol. The molecule has 0 N–H and O–H groups in total. The number of sulfone groups is 1. The molecule has 8 rings (SSSR count). The predicted molar refractivity (Wildman–Crippen MR) is 199 cm³/mol. The van der Waals surface area contributed by atoms with Gasteiger partial charge < -0.3 is 9.80 Å². The molecule has 0 amide bonds. The number of rotatable bonds is 4. The van der Waals surface area contributed by atoms with Gasteiger partial charge in [-0.3, -0.25) is 0 Å². The molecule has 0 fully saturated rings. The fourth-order valence-corrected chi connectivity index (χ4v) is 8.84. The van der Waals surface area contributed by atoms with E-state index >= 15 is 0 Å². The van der Waals surface area contributed by atoms with Crippen LogP contribution in [0.2, 0.25) is 0 Å². The maximum absolute atomic E-state index is 13.9. The summed E-state index contributed by atoms with van der Waals surface area (Å²) in [7, 11) is -3.75. The molecule has 5 heteroatoms. The fourth-order valence-electron chi connectivity index (χ4n) is 7.58. The number of benzene rings is 6. The van der Waals surface area contributed by atoms with E-state index in [0.29, 0.717) is 0 Å². The van der Waals surface area contributed by atoms with Gasteiger partial charge in [-0.15, -0.1) is 0 Å². The molecule has 2 aliphatic rings. The van der Waals surface area contributed by atoms with E-state index in [1.54, 1.807) is 24.3 Å². The molecule has 0 saturated carbocycles. The van der Waals surface area contributed by atoms with Crippen molar-refractivity contribution in [2.45, 2.75) is 55.7 Å². The predicted octanol–water partition coefficient (Wildman–Crippen LogP) is 11.4. The maximum Gasteiger partial charge on any atom is 0.206 e. The van der Waals surface area contributed by atoms with Gasteiger partial charge in [0.2, 0.25) is 9.84 Å². The van der Waals surface area contributed by atoms with E-state index in [4.69, 9.17) is 0 Å². The third kappa shape index (κ3) is 4.60. The SMILES string of the molecule is C.CC1(C)c2ccccc2N(c2ccc(S(=O)(=O)c3ccc(N4c5ccccc5C(C)(C)c5ccccc54)cc3)cc2)c2ccccc21. The molecule has 0 atom stereocenters. The summed E-state index contributed by atoms with van der Waals surface area (Å²) >= 11 is 0. The Morgan fingerprint density at radius 2 is 0.646 bits per heavy atom. The molecule has 2 aliphatic heterocycles. The minimum absolute atomic E-state index is 0. The van der Waals surface area contributed by atoms with Gasteiger partial charge in [-0.05, 0) is 95.1 Å². The number of para-hydroxylation sites is 4. The van der Waals surface area contributed by atoms with Crippen LogP contribution in [-0.4, -0.2) is 8.42 Å². The Balaban J connectivity index is 0.00000364. The summed E-state index contributed by atoms with van der Waals surface area (Å²) in [6.45, 7) is 9.03. The normalized spacial score (nSPS) is 15.3. The van der Waals surface area contributed by atoms with Crippen LogP contribution in [-0.2, 0) is 20.7 Å². The molecule has 0 saturated heterocycles. The molecule has 6 aromatic rings. The quantitative estimate of drug-likeness (QED) is 0.191. The Kier molecular flexibility index (Phi) is 7.37. The lowest BCUT2D eigenvalue weighted by Gasteiger charge is -2.42. The highest BCUT2D eigenvalue weighted by atomic mass is 32.2. The van der Waals surface area contributed by atoms with Gasteiger partial charge in [-0.25, -0.2) is 8.42 Å². The summed E-state index contributed by atoms with van der Waals surface area (Å²) in [5.41, 5.74) is 10.9. The lowest BCUT2D eigenvalue weighted by molar-refractivity contribution is 0.596. The third-order valence-electron chi connectivity index (χ3n) is 10.1. The summed E-state index contributed by atoms with van der Waals surface area (Å²) in [5.74, 6) is 0. The van der Waals surface area contributed by atoms with Crippen LogP contribution in [0.25, 0.3) is 0 Å². The summed E-state index contributed by atoms with van der Waals surface area (Å²) in [4.78, 5) is 5.00. The molecular weight excluding hydrogens is 609 g/mol. The number of hydrogen-bond acceptors (Lipinski definition) is 4. The summed E-state index contributed by atoms with van der Waals surface area (Å²) < 4.78 is 27.9. The molecule has 2 heterocycles. The molecule has 0 radical (unpaired) electrons. The molecule has 0 aliphatic carbocycles. The summed E-state index contributed by atoms with van der Waals surface area (Å²) in [6.07, 6.45) is 0. The van der Waals surface area contributed by atoms with E-state index in [-0.39, 0.29) is 28.0 Å². The Morgan fingerprint density at radius 3 is 0.917 bits per heavy atom. The van der Waals surface area contributed by atoms with Gasteiger partial charge in [0.15, 0.2) is 0 Å². The first-order valence-electron chi connectivity index (χ1n) is 16.0. The van der Waals surface area contributed by atoms with Crippen LogP contribution in [0.4, 0.5) is 34.1 Å². The molecule has 240 valence electrons. The summed E-state index contributed by atoms with van der Waals surface area (Å²) in [6, 6.07) is 48.4. The van der Waals surface area contributed by atoms with Crippen LogP contribution in [0.5, 0.6) is 0 Å². The van der Waals surface area contributed by atoms with Crippen molar-refractivity contribution >= 4 is 44.0 Å². The van der Waals surface area contributed by atoms with Crippen molar-refractivity contribution in [1.82, 2.24) is 0 Å². The topological polar surface area (TPSA) is 40.6 Å². The number of anilines is 6. The van der Waals surface area contributed by atoms with Gasteiger partial charge in [-0.1, -0.05) is 108 Å². The van der Waals surface area contributed by atoms with Crippen molar-refractivity contribution in [2.24, 2.45) is 0 Å². The highest BCUT2D eigenvalue weighted by Crippen LogP contribution is 2.53. The first-order chi connectivity index (χ1) is 22.6. The van der Waals surface area contributed by atoms with Gasteiger partial charge in [-0.2, -0.15) is 0 Å². The summed E-state index contributed by atoms with van der Waals surface area (Å²) in [5, 5.41) is 0. The van der Waals surface area contributed by atoms with E-state index in [9.17, 15) is 8.42 Å². The van der Waals surface area contributed by atoms with Crippen LogP contribution >= 0.6 is 0 Å². The van der Waals surface area contributed by atoms with E-state index < -0.39 is 9.84 Å². The zero-order valence-corrected chi connectivity index (χ0v) is 27.8. The first-order valence-corrected chi connectivity index (χ1v) is 17.5. The van der Waals surface area contributed by atoms with E-state index in [2.05, 4.69) is 135 Å². The van der Waals surface area contributed by atoms with E-state index in [1.807, 2.05) is 24.3 Å². The van der Waals surface area contributed by atoms with Crippen molar-refractivity contribution in [3.05, 3.63) is 168 Å². The highest BCUT2D eigenvalue weighted by molar-refractivity contribution is 7.91. The molecular formula is C43H40N2O2S. The number of hydrogen-bond donors (Lipinski definition) is 0. The standard InChI is InChI=1S/C42H36N2O2S.CH4/c1-41(2)33-13-5-9-17-37(33)43(38-18-10-6-14-34(38)41)29-21-25-31(26-22-29)47(45,46)32-27-23-30(24-28-32)44-39-19-11-7-15-35(39)42(3,4)36-16-8-12-20-40(36)44;/h5-28H,1-4H3;1H4. The van der Waals surface area contributed by atoms with Crippen molar-refractivity contribution < 1.29 is 8.42 Å². The van der Waals surface area contributed by atoms with Gasteiger partial charge in [0, 0.05) is 22.2 Å². The lowest BCUT2D eigenvalue weighted by Crippen LogP contribution is -2.30. The Labute approximate surface area is 284 Å². The smallest absolute Gasteiger partial charge is 0.206 e. The molecule has 0 aromatic heterocycles. The van der Waals surface area contributed by atoms with E-state index in [0.717, 1.165) is 34.1 Å². The van der Waals surface area contributed by atoms with Gasteiger partial charge in [0.05, 0.1) is 32.5 Å². The van der Waals surface area contributed by atoms with Gasteiger partial charge in [0.1, 0.15) is 0 Å². The second-order valence-electron chi connectivity index (χ2n) is 13.5. The first kappa shape index (κ1) is 31.5. The van der Waals surface area contributed by atoms with Gasteiger partial charge in [0.25, 0.3) is 0 Å².